The molecule has 23 heavy (non-hydrogen) atoms. The second kappa shape index (κ2) is 8.50. The Labute approximate surface area is 140 Å². The van der Waals surface area contributed by atoms with Gasteiger partial charge in [-0.05, 0) is 17.5 Å². The van der Waals surface area contributed by atoms with Gasteiger partial charge in [0.1, 0.15) is 0 Å². The topological polar surface area (TPSA) is 77.5 Å². The lowest BCUT2D eigenvalue weighted by atomic mass is 10.1. The van der Waals surface area contributed by atoms with Crippen LogP contribution in [-0.2, 0) is 19.6 Å². The molecule has 0 aliphatic carbocycles. The number of carbonyl (C=O) groups is 1. The molecule has 1 aromatic carbocycles. The van der Waals surface area contributed by atoms with Gasteiger partial charge in [0.2, 0.25) is 0 Å². The number of nitrogens with one attached hydrogen (secondary N) is 2. The number of aliphatic hydroxyl groups is 1. The Balaban J connectivity index is 1.68. The number of thiazole rings is 1. The highest BCUT2D eigenvalue weighted by Crippen LogP contribution is 2.17. The average Bonchev–Trinajstić information content (AvgIpc) is 3.03. The van der Waals surface area contributed by atoms with Crippen LogP contribution in [0.2, 0.25) is 0 Å². The van der Waals surface area contributed by atoms with Gasteiger partial charge in [0.05, 0.1) is 18.8 Å². The van der Waals surface area contributed by atoms with Crippen LogP contribution in [0.3, 0.4) is 0 Å². The van der Waals surface area contributed by atoms with Crippen LogP contribution in [0.15, 0.2) is 29.6 Å². The molecule has 0 atom stereocenters. The van der Waals surface area contributed by atoms with E-state index in [4.69, 9.17) is 5.11 Å². The van der Waals surface area contributed by atoms with Crippen molar-refractivity contribution < 1.29 is 9.90 Å². The largest absolute Gasteiger partial charge is 0.392 e. The summed E-state index contributed by atoms with van der Waals surface area (Å²) in [4.78, 5) is 18.1. The first-order valence-electron chi connectivity index (χ1n) is 7.40. The Bertz CT molecular complexity index is 625. The van der Waals surface area contributed by atoms with Crippen molar-refractivity contribution in [3.8, 4) is 0 Å². The van der Waals surface area contributed by atoms with Gasteiger partial charge in [-0.2, -0.15) is 0 Å². The number of nitrogens with zero attached hydrogens (tertiary/aromatic N) is 2. The molecule has 0 radical (unpaired) electrons. The average molecular weight is 334 g/mol. The second-order valence-electron chi connectivity index (χ2n) is 5.35. The van der Waals surface area contributed by atoms with Crippen molar-refractivity contribution in [2.24, 2.45) is 0 Å². The summed E-state index contributed by atoms with van der Waals surface area (Å²) in [7, 11) is 3.88. The van der Waals surface area contributed by atoms with Crippen LogP contribution >= 0.6 is 11.3 Å². The number of rotatable bonds is 7. The molecule has 2 rings (SSSR count). The quantitative estimate of drug-likeness (QED) is 0.721. The first-order valence-corrected chi connectivity index (χ1v) is 8.28. The Morgan fingerprint density at radius 2 is 1.91 bits per heavy atom. The zero-order valence-electron chi connectivity index (χ0n) is 13.4. The smallest absolute Gasteiger partial charge is 0.315 e. The van der Waals surface area contributed by atoms with E-state index in [0.29, 0.717) is 13.1 Å². The van der Waals surface area contributed by atoms with E-state index in [1.807, 2.05) is 48.6 Å². The minimum atomic E-state index is -0.198. The van der Waals surface area contributed by atoms with E-state index in [1.54, 1.807) is 11.3 Å². The van der Waals surface area contributed by atoms with Crippen LogP contribution in [0.4, 0.5) is 9.93 Å². The van der Waals surface area contributed by atoms with Gasteiger partial charge in [0, 0.05) is 26.0 Å². The molecule has 3 N–H and O–H groups in total. The minimum Gasteiger partial charge on any atom is -0.392 e. The lowest BCUT2D eigenvalue weighted by Gasteiger charge is -2.07. The molecule has 0 aliphatic rings. The molecule has 1 heterocycles. The van der Waals surface area contributed by atoms with E-state index in [2.05, 4.69) is 15.6 Å². The van der Waals surface area contributed by atoms with Crippen molar-refractivity contribution in [3.63, 3.8) is 0 Å². The van der Waals surface area contributed by atoms with E-state index in [9.17, 15) is 4.79 Å². The molecule has 7 heteroatoms. The van der Waals surface area contributed by atoms with Gasteiger partial charge in [0.15, 0.2) is 5.13 Å². The molecule has 0 saturated heterocycles. The molecule has 2 amide bonds. The van der Waals surface area contributed by atoms with Crippen molar-refractivity contribution in [1.29, 1.82) is 0 Å². The Kier molecular flexibility index (Phi) is 6.37. The van der Waals surface area contributed by atoms with Crippen LogP contribution in [0.25, 0.3) is 0 Å². The van der Waals surface area contributed by atoms with Crippen LogP contribution in [0.1, 0.15) is 16.8 Å². The number of hydrogen-bond acceptors (Lipinski definition) is 5. The highest BCUT2D eigenvalue weighted by molar-refractivity contribution is 7.13. The lowest BCUT2D eigenvalue weighted by Crippen LogP contribution is -2.36. The van der Waals surface area contributed by atoms with Crippen LogP contribution in [-0.4, -0.2) is 36.8 Å². The van der Waals surface area contributed by atoms with Gasteiger partial charge in [-0.3, -0.25) is 0 Å². The monoisotopic (exact) mass is 334 g/mol. The van der Waals surface area contributed by atoms with E-state index in [0.717, 1.165) is 28.4 Å². The van der Waals surface area contributed by atoms with Gasteiger partial charge < -0.3 is 20.6 Å². The third kappa shape index (κ3) is 5.54. The number of urea groups is 1. The predicted molar refractivity (Wildman–Crippen MR) is 92.7 cm³/mol. The molecule has 124 valence electrons. The Hall–Kier alpha value is -2.12. The number of amides is 2. The predicted octanol–water partition coefficient (Wildman–Crippen LogP) is 1.74. The van der Waals surface area contributed by atoms with Gasteiger partial charge in [0.25, 0.3) is 0 Å². The van der Waals surface area contributed by atoms with Crippen LogP contribution < -0.4 is 15.5 Å². The highest BCUT2D eigenvalue weighted by atomic mass is 32.1. The summed E-state index contributed by atoms with van der Waals surface area (Å²) in [6.07, 6.45) is 0.751. The zero-order valence-corrected chi connectivity index (χ0v) is 14.2. The first kappa shape index (κ1) is 17.2. The number of hydrogen-bond donors (Lipinski definition) is 3. The number of aromatic nitrogens is 1. The van der Waals surface area contributed by atoms with Gasteiger partial charge in [-0.25, -0.2) is 9.78 Å². The second-order valence-corrected chi connectivity index (χ2v) is 6.19. The molecule has 0 spiro atoms. The van der Waals surface area contributed by atoms with E-state index < -0.39 is 0 Å². The van der Waals surface area contributed by atoms with E-state index in [1.165, 1.54) is 0 Å². The minimum absolute atomic E-state index is 0.0487. The summed E-state index contributed by atoms with van der Waals surface area (Å²) < 4.78 is 0. The highest BCUT2D eigenvalue weighted by Gasteiger charge is 2.05. The van der Waals surface area contributed by atoms with E-state index >= 15 is 0 Å². The first-order chi connectivity index (χ1) is 11.1. The summed E-state index contributed by atoms with van der Waals surface area (Å²) in [5.74, 6) is 0. The molecule has 0 bridgehead atoms. The summed E-state index contributed by atoms with van der Waals surface area (Å²) in [6, 6.07) is 7.50. The fraction of sp³-hybridized carbons (Fsp3) is 0.375. The molecule has 2 aromatic rings. The van der Waals surface area contributed by atoms with Crippen molar-refractivity contribution in [1.82, 2.24) is 15.6 Å². The maximum absolute atomic E-state index is 11.8. The molecule has 6 nitrogen and oxygen atoms in total. The van der Waals surface area contributed by atoms with Gasteiger partial charge in [-0.1, -0.05) is 24.3 Å². The normalized spacial score (nSPS) is 10.4. The van der Waals surface area contributed by atoms with Crippen molar-refractivity contribution in [2.75, 3.05) is 25.5 Å². The molecular weight excluding hydrogens is 312 g/mol. The number of aliphatic hydroxyl groups excluding tert-OH is 1. The van der Waals surface area contributed by atoms with Gasteiger partial charge in [-0.15, -0.1) is 11.3 Å². The summed E-state index contributed by atoms with van der Waals surface area (Å²) in [6.45, 7) is 1.03. The molecule has 0 fully saturated rings. The molecule has 0 aliphatic heterocycles. The van der Waals surface area contributed by atoms with Crippen LogP contribution in [0.5, 0.6) is 0 Å². The van der Waals surface area contributed by atoms with Crippen molar-refractivity contribution in [2.45, 2.75) is 19.6 Å². The van der Waals surface area contributed by atoms with Crippen LogP contribution in [0, 0.1) is 0 Å². The molecule has 1 aromatic heterocycles. The van der Waals surface area contributed by atoms with Crippen molar-refractivity contribution >= 4 is 22.5 Å². The Morgan fingerprint density at radius 3 is 2.52 bits per heavy atom. The fourth-order valence-corrected chi connectivity index (χ4v) is 2.71. The standard InChI is InChI=1S/C16H22N4O2S/c1-20(2)16-19-14(11-23-16)9-18-15(22)17-8-7-12-3-5-13(10-21)6-4-12/h3-6,11,21H,7-10H2,1-2H3,(H2,17,18,22). The maximum Gasteiger partial charge on any atom is 0.315 e. The number of carbonyl (C=O) groups excluding carboxylic acids is 1. The maximum atomic E-state index is 11.8. The summed E-state index contributed by atoms with van der Waals surface area (Å²) >= 11 is 1.55. The Morgan fingerprint density at radius 1 is 1.22 bits per heavy atom. The number of benzene rings is 1. The SMILES string of the molecule is CN(C)c1nc(CNC(=O)NCCc2ccc(CO)cc2)cs1. The number of anilines is 1. The lowest BCUT2D eigenvalue weighted by molar-refractivity contribution is 0.240. The summed E-state index contributed by atoms with van der Waals surface area (Å²) in [5, 5.41) is 17.5. The van der Waals surface area contributed by atoms with Gasteiger partial charge >= 0.3 is 6.03 Å². The molecule has 0 unspecified atom stereocenters. The summed E-state index contributed by atoms with van der Waals surface area (Å²) in [5.41, 5.74) is 2.87. The third-order valence-electron chi connectivity index (χ3n) is 3.26. The van der Waals surface area contributed by atoms with E-state index in [-0.39, 0.29) is 12.6 Å². The third-order valence-corrected chi connectivity index (χ3v) is 4.31. The zero-order chi connectivity index (χ0) is 16.7. The molecule has 0 saturated carbocycles. The fourth-order valence-electron chi connectivity index (χ4n) is 1.95. The van der Waals surface area contributed by atoms with Crippen molar-refractivity contribution in [3.05, 3.63) is 46.5 Å². The molecular formula is C16H22N4O2S.